The van der Waals surface area contributed by atoms with Gasteiger partial charge in [0.15, 0.2) is 0 Å². The lowest BCUT2D eigenvalue weighted by molar-refractivity contribution is -0.125. The van der Waals surface area contributed by atoms with Gasteiger partial charge in [-0.3, -0.25) is 4.79 Å². The van der Waals surface area contributed by atoms with Crippen LogP contribution in [0.3, 0.4) is 0 Å². The lowest BCUT2D eigenvalue weighted by Crippen LogP contribution is -2.34. The predicted molar refractivity (Wildman–Crippen MR) is 56.6 cm³/mol. The van der Waals surface area contributed by atoms with E-state index in [1.54, 1.807) is 6.08 Å². The molecule has 0 aromatic carbocycles. The van der Waals surface area contributed by atoms with Crippen molar-refractivity contribution >= 4 is 5.91 Å². The zero-order chi connectivity index (χ0) is 9.97. The maximum Gasteiger partial charge on any atom is 0.251 e. The van der Waals surface area contributed by atoms with Crippen molar-refractivity contribution in [1.82, 2.24) is 4.90 Å². The molecule has 0 radical (unpaired) electrons. The molecule has 0 saturated heterocycles. The fourth-order valence-electron chi connectivity index (χ4n) is 2.40. The minimum absolute atomic E-state index is 0.127. The van der Waals surface area contributed by atoms with E-state index in [1.807, 2.05) is 11.0 Å². The standard InChI is InChI=1S/C12H17NO/c1-10-8-9-12(14)13(10)11-6-4-2-3-5-7-11/h8-9,11H,1-7H2. The van der Waals surface area contributed by atoms with Gasteiger partial charge in [0.2, 0.25) is 0 Å². The molecule has 1 heterocycles. The zero-order valence-corrected chi connectivity index (χ0v) is 8.54. The van der Waals surface area contributed by atoms with Crippen molar-refractivity contribution in [1.29, 1.82) is 0 Å². The van der Waals surface area contributed by atoms with Gasteiger partial charge in [-0.15, -0.1) is 0 Å². The van der Waals surface area contributed by atoms with Gasteiger partial charge >= 0.3 is 0 Å². The third-order valence-corrected chi connectivity index (χ3v) is 3.16. The van der Waals surface area contributed by atoms with Crippen LogP contribution >= 0.6 is 0 Å². The fourth-order valence-corrected chi connectivity index (χ4v) is 2.40. The number of rotatable bonds is 1. The molecule has 2 heteroatoms. The van der Waals surface area contributed by atoms with Gasteiger partial charge in [-0.1, -0.05) is 32.3 Å². The summed E-state index contributed by atoms with van der Waals surface area (Å²) in [4.78, 5) is 13.5. The summed E-state index contributed by atoms with van der Waals surface area (Å²) in [6.45, 7) is 3.91. The molecule has 76 valence electrons. The van der Waals surface area contributed by atoms with Crippen LogP contribution in [-0.2, 0) is 4.79 Å². The Morgan fingerprint density at radius 3 is 2.29 bits per heavy atom. The molecule has 1 aliphatic carbocycles. The normalized spacial score (nSPS) is 24.4. The molecular formula is C12H17NO. The van der Waals surface area contributed by atoms with E-state index in [4.69, 9.17) is 0 Å². The number of carbonyl (C=O) groups excluding carboxylic acids is 1. The third kappa shape index (κ3) is 1.74. The Morgan fingerprint density at radius 2 is 1.79 bits per heavy atom. The Labute approximate surface area is 85.3 Å². The topological polar surface area (TPSA) is 20.3 Å². The van der Waals surface area contributed by atoms with E-state index in [9.17, 15) is 4.79 Å². The number of hydrogen-bond acceptors (Lipinski definition) is 1. The Balaban J connectivity index is 2.06. The Bertz CT molecular complexity index is 254. The van der Waals surface area contributed by atoms with Crippen LogP contribution in [0, 0.1) is 0 Å². The molecule has 2 nitrogen and oxygen atoms in total. The average molecular weight is 191 g/mol. The minimum atomic E-state index is 0.127. The third-order valence-electron chi connectivity index (χ3n) is 3.16. The van der Waals surface area contributed by atoms with E-state index < -0.39 is 0 Å². The highest BCUT2D eigenvalue weighted by molar-refractivity contribution is 5.93. The second-order valence-corrected chi connectivity index (χ2v) is 4.18. The molecule has 1 saturated carbocycles. The molecule has 0 aromatic rings. The van der Waals surface area contributed by atoms with E-state index in [0.29, 0.717) is 6.04 Å². The highest BCUT2D eigenvalue weighted by Gasteiger charge is 2.27. The lowest BCUT2D eigenvalue weighted by atomic mass is 10.1. The molecule has 1 fully saturated rings. The van der Waals surface area contributed by atoms with Crippen LogP contribution < -0.4 is 0 Å². The first-order valence-electron chi connectivity index (χ1n) is 5.49. The average Bonchev–Trinajstić information content (AvgIpc) is 2.45. The molecule has 0 atom stereocenters. The monoisotopic (exact) mass is 191 g/mol. The molecule has 2 rings (SSSR count). The van der Waals surface area contributed by atoms with Crippen LogP contribution in [0.25, 0.3) is 0 Å². The zero-order valence-electron chi connectivity index (χ0n) is 8.54. The fraction of sp³-hybridized carbons (Fsp3) is 0.583. The van der Waals surface area contributed by atoms with Gasteiger partial charge < -0.3 is 4.90 Å². The van der Waals surface area contributed by atoms with E-state index >= 15 is 0 Å². The number of hydrogen-bond donors (Lipinski definition) is 0. The number of amides is 1. The summed E-state index contributed by atoms with van der Waals surface area (Å²) >= 11 is 0. The van der Waals surface area contributed by atoms with Crippen molar-refractivity contribution < 1.29 is 4.79 Å². The second kappa shape index (κ2) is 3.99. The molecule has 1 aliphatic heterocycles. The molecule has 1 amide bonds. The van der Waals surface area contributed by atoms with Crippen LogP contribution in [-0.4, -0.2) is 16.8 Å². The van der Waals surface area contributed by atoms with Crippen molar-refractivity contribution in [2.75, 3.05) is 0 Å². The first-order chi connectivity index (χ1) is 6.79. The number of allylic oxidation sites excluding steroid dienone is 1. The molecule has 14 heavy (non-hydrogen) atoms. The second-order valence-electron chi connectivity index (χ2n) is 4.18. The van der Waals surface area contributed by atoms with Gasteiger partial charge in [-0.2, -0.15) is 0 Å². The van der Waals surface area contributed by atoms with Gasteiger partial charge in [0.1, 0.15) is 0 Å². The van der Waals surface area contributed by atoms with Crippen molar-refractivity contribution in [3.8, 4) is 0 Å². The van der Waals surface area contributed by atoms with E-state index in [0.717, 1.165) is 18.5 Å². The molecule has 0 unspecified atom stereocenters. The van der Waals surface area contributed by atoms with Gasteiger partial charge in [-0.25, -0.2) is 0 Å². The Hall–Kier alpha value is -1.05. The summed E-state index contributed by atoms with van der Waals surface area (Å²) in [6.07, 6.45) is 10.9. The van der Waals surface area contributed by atoms with Gasteiger partial charge in [-0.05, 0) is 18.9 Å². The quantitative estimate of drug-likeness (QED) is 0.583. The summed E-state index contributed by atoms with van der Waals surface area (Å²) in [6, 6.07) is 0.410. The molecule has 0 N–H and O–H groups in total. The summed E-state index contributed by atoms with van der Waals surface area (Å²) < 4.78 is 0. The van der Waals surface area contributed by atoms with Crippen molar-refractivity contribution in [3.63, 3.8) is 0 Å². The molecule has 2 aliphatic rings. The van der Waals surface area contributed by atoms with E-state index in [2.05, 4.69) is 6.58 Å². The minimum Gasteiger partial charge on any atom is -0.306 e. The van der Waals surface area contributed by atoms with E-state index in [1.165, 1.54) is 25.7 Å². The maximum atomic E-state index is 11.6. The highest BCUT2D eigenvalue weighted by atomic mass is 16.2. The number of nitrogens with zero attached hydrogens (tertiary/aromatic N) is 1. The van der Waals surface area contributed by atoms with Crippen LogP contribution in [0.15, 0.2) is 24.4 Å². The van der Waals surface area contributed by atoms with Gasteiger partial charge in [0.25, 0.3) is 5.91 Å². The lowest BCUT2D eigenvalue weighted by Gasteiger charge is -2.27. The van der Waals surface area contributed by atoms with Crippen molar-refractivity contribution in [2.24, 2.45) is 0 Å². The first-order valence-corrected chi connectivity index (χ1v) is 5.49. The van der Waals surface area contributed by atoms with Crippen LogP contribution in [0.1, 0.15) is 38.5 Å². The first kappa shape index (κ1) is 9.50. The largest absolute Gasteiger partial charge is 0.306 e. The van der Waals surface area contributed by atoms with Crippen LogP contribution in [0.4, 0.5) is 0 Å². The summed E-state index contributed by atoms with van der Waals surface area (Å²) in [7, 11) is 0. The molecule has 0 spiro atoms. The maximum absolute atomic E-state index is 11.6. The van der Waals surface area contributed by atoms with Crippen LogP contribution in [0.5, 0.6) is 0 Å². The van der Waals surface area contributed by atoms with Crippen LogP contribution in [0.2, 0.25) is 0 Å². The van der Waals surface area contributed by atoms with Gasteiger partial charge in [0.05, 0.1) is 0 Å². The van der Waals surface area contributed by atoms with E-state index in [-0.39, 0.29) is 5.91 Å². The van der Waals surface area contributed by atoms with Crippen molar-refractivity contribution in [2.45, 2.75) is 44.6 Å². The molecule has 0 bridgehead atoms. The summed E-state index contributed by atoms with van der Waals surface area (Å²) in [5.74, 6) is 0.127. The van der Waals surface area contributed by atoms with Crippen molar-refractivity contribution in [3.05, 3.63) is 24.4 Å². The Kier molecular flexibility index (Phi) is 2.71. The highest BCUT2D eigenvalue weighted by Crippen LogP contribution is 2.27. The number of carbonyl (C=O) groups is 1. The molecular weight excluding hydrogens is 174 g/mol. The summed E-state index contributed by atoms with van der Waals surface area (Å²) in [5.41, 5.74) is 0.877. The molecule has 0 aromatic heterocycles. The predicted octanol–water partition coefficient (Wildman–Crippen LogP) is 2.62. The smallest absolute Gasteiger partial charge is 0.251 e. The SMILES string of the molecule is C=C1C=CC(=O)N1C1CCCCCC1. The summed E-state index contributed by atoms with van der Waals surface area (Å²) in [5, 5.41) is 0. The van der Waals surface area contributed by atoms with Gasteiger partial charge in [0, 0.05) is 17.8 Å². The Morgan fingerprint density at radius 1 is 1.14 bits per heavy atom.